The summed E-state index contributed by atoms with van der Waals surface area (Å²) in [6.07, 6.45) is 1.21. The summed E-state index contributed by atoms with van der Waals surface area (Å²) in [5.41, 5.74) is 5.72. The van der Waals surface area contributed by atoms with Gasteiger partial charge in [0.25, 0.3) is 0 Å². The van der Waals surface area contributed by atoms with Crippen LogP contribution in [0, 0.1) is 9.49 Å². The van der Waals surface area contributed by atoms with Crippen LogP contribution in [0.2, 0.25) is 0 Å². The van der Waals surface area contributed by atoms with Gasteiger partial charge in [-0.2, -0.15) is 0 Å². The van der Waals surface area contributed by atoms with Gasteiger partial charge in [0, 0.05) is 9.61 Å². The molecule has 3 unspecified atom stereocenters. The Morgan fingerprint density at radius 1 is 1.11 bits per heavy atom. The van der Waals surface area contributed by atoms with Gasteiger partial charge < -0.3 is 0 Å². The number of hydrogen-bond donors (Lipinski definition) is 2. The summed E-state index contributed by atoms with van der Waals surface area (Å²) >= 11 is 2.35. The summed E-state index contributed by atoms with van der Waals surface area (Å²) in [6, 6.07) is 19.6. The highest BCUT2D eigenvalue weighted by Gasteiger charge is 2.43. The number of rotatable bonds is 4. The molecule has 3 rings (SSSR count). The maximum atomic E-state index is 5.78. The Labute approximate surface area is 127 Å². The molecule has 98 valence electrons. The van der Waals surface area contributed by atoms with Crippen LogP contribution in [0.5, 0.6) is 0 Å². The SMILES string of the molecule is NNC(c1cccc(I)c1)C1CC1c1ccccc1. The fraction of sp³-hybridized carbons (Fsp3) is 0.250. The van der Waals surface area contributed by atoms with E-state index >= 15 is 0 Å². The van der Waals surface area contributed by atoms with E-state index in [0.29, 0.717) is 11.8 Å². The normalized spacial score (nSPS) is 23.1. The summed E-state index contributed by atoms with van der Waals surface area (Å²) in [6.45, 7) is 0. The lowest BCUT2D eigenvalue weighted by molar-refractivity contribution is 0.487. The van der Waals surface area contributed by atoms with Crippen LogP contribution in [-0.4, -0.2) is 0 Å². The Kier molecular flexibility index (Phi) is 3.86. The molecule has 1 fully saturated rings. The molecule has 2 nitrogen and oxygen atoms in total. The third-order valence-electron chi connectivity index (χ3n) is 3.88. The zero-order valence-electron chi connectivity index (χ0n) is 10.6. The first-order valence-electron chi connectivity index (χ1n) is 6.56. The van der Waals surface area contributed by atoms with Gasteiger partial charge in [-0.15, -0.1) is 0 Å². The summed E-state index contributed by atoms with van der Waals surface area (Å²) in [7, 11) is 0. The van der Waals surface area contributed by atoms with Crippen molar-refractivity contribution in [1.82, 2.24) is 5.43 Å². The fourth-order valence-electron chi connectivity index (χ4n) is 2.83. The molecule has 0 amide bonds. The van der Waals surface area contributed by atoms with E-state index in [1.54, 1.807) is 0 Å². The van der Waals surface area contributed by atoms with Gasteiger partial charge in [-0.05, 0) is 64.1 Å². The number of nitrogens with one attached hydrogen (secondary N) is 1. The van der Waals surface area contributed by atoms with Crippen molar-refractivity contribution >= 4 is 22.6 Å². The highest BCUT2D eigenvalue weighted by atomic mass is 127. The van der Waals surface area contributed by atoms with Crippen molar-refractivity contribution in [2.75, 3.05) is 0 Å². The first-order chi connectivity index (χ1) is 9.29. The van der Waals surface area contributed by atoms with Crippen LogP contribution in [0.25, 0.3) is 0 Å². The Bertz CT molecular complexity index is 556. The van der Waals surface area contributed by atoms with Crippen LogP contribution in [0.4, 0.5) is 0 Å². The molecule has 2 aromatic rings. The molecule has 0 bridgehead atoms. The maximum Gasteiger partial charge on any atom is 0.0494 e. The van der Waals surface area contributed by atoms with E-state index < -0.39 is 0 Å². The number of halogens is 1. The van der Waals surface area contributed by atoms with Gasteiger partial charge in [-0.3, -0.25) is 11.3 Å². The summed E-state index contributed by atoms with van der Waals surface area (Å²) in [4.78, 5) is 0. The summed E-state index contributed by atoms with van der Waals surface area (Å²) in [5, 5.41) is 0. The number of hydrazine groups is 1. The Balaban J connectivity index is 1.79. The largest absolute Gasteiger partial charge is 0.271 e. The molecule has 0 spiro atoms. The number of nitrogens with two attached hydrogens (primary N) is 1. The second-order valence-electron chi connectivity index (χ2n) is 5.12. The first-order valence-corrected chi connectivity index (χ1v) is 7.64. The lowest BCUT2D eigenvalue weighted by atomic mass is 9.99. The quantitative estimate of drug-likeness (QED) is 0.494. The van der Waals surface area contributed by atoms with Crippen LogP contribution >= 0.6 is 22.6 Å². The van der Waals surface area contributed by atoms with Crippen molar-refractivity contribution in [3.63, 3.8) is 0 Å². The van der Waals surface area contributed by atoms with E-state index in [1.807, 2.05) is 0 Å². The topological polar surface area (TPSA) is 38.0 Å². The van der Waals surface area contributed by atoms with E-state index in [2.05, 4.69) is 82.6 Å². The highest BCUT2D eigenvalue weighted by Crippen LogP contribution is 2.53. The smallest absolute Gasteiger partial charge is 0.0494 e. The molecule has 2 aromatic carbocycles. The van der Waals surface area contributed by atoms with Crippen molar-refractivity contribution in [2.24, 2.45) is 11.8 Å². The van der Waals surface area contributed by atoms with Crippen LogP contribution in [-0.2, 0) is 0 Å². The van der Waals surface area contributed by atoms with Gasteiger partial charge in [0.15, 0.2) is 0 Å². The van der Waals surface area contributed by atoms with Crippen LogP contribution in [0.1, 0.15) is 29.5 Å². The van der Waals surface area contributed by atoms with E-state index in [0.717, 1.165) is 0 Å². The van der Waals surface area contributed by atoms with Crippen LogP contribution < -0.4 is 11.3 Å². The van der Waals surface area contributed by atoms with Gasteiger partial charge in [-0.1, -0.05) is 42.5 Å². The molecule has 1 aliphatic rings. The van der Waals surface area contributed by atoms with Gasteiger partial charge in [0.05, 0.1) is 0 Å². The van der Waals surface area contributed by atoms with Gasteiger partial charge >= 0.3 is 0 Å². The number of hydrogen-bond acceptors (Lipinski definition) is 2. The predicted octanol–water partition coefficient (Wildman–Crippen LogP) is 3.60. The van der Waals surface area contributed by atoms with E-state index in [-0.39, 0.29) is 6.04 Å². The molecule has 3 heteroatoms. The third-order valence-corrected chi connectivity index (χ3v) is 4.55. The second-order valence-corrected chi connectivity index (χ2v) is 6.36. The first kappa shape index (κ1) is 13.1. The molecule has 0 saturated heterocycles. The minimum absolute atomic E-state index is 0.250. The fourth-order valence-corrected chi connectivity index (χ4v) is 3.40. The van der Waals surface area contributed by atoms with Gasteiger partial charge in [0.1, 0.15) is 0 Å². The Morgan fingerprint density at radius 2 is 1.89 bits per heavy atom. The lowest BCUT2D eigenvalue weighted by Crippen LogP contribution is -2.29. The molecule has 19 heavy (non-hydrogen) atoms. The van der Waals surface area contributed by atoms with Crippen LogP contribution in [0.3, 0.4) is 0 Å². The second kappa shape index (κ2) is 5.61. The van der Waals surface area contributed by atoms with E-state index in [1.165, 1.54) is 21.1 Å². The molecule has 1 aliphatic carbocycles. The molecular weight excluding hydrogens is 347 g/mol. The Hall–Kier alpha value is -0.910. The monoisotopic (exact) mass is 364 g/mol. The Morgan fingerprint density at radius 3 is 2.58 bits per heavy atom. The van der Waals surface area contributed by atoms with Crippen molar-refractivity contribution in [3.05, 3.63) is 69.3 Å². The van der Waals surface area contributed by atoms with Crippen LogP contribution in [0.15, 0.2) is 54.6 Å². The zero-order valence-corrected chi connectivity index (χ0v) is 12.7. The van der Waals surface area contributed by atoms with Gasteiger partial charge in [-0.25, -0.2) is 0 Å². The third kappa shape index (κ3) is 2.83. The lowest BCUT2D eigenvalue weighted by Gasteiger charge is -2.17. The van der Waals surface area contributed by atoms with Crippen molar-refractivity contribution in [1.29, 1.82) is 0 Å². The minimum Gasteiger partial charge on any atom is -0.271 e. The number of benzene rings is 2. The van der Waals surface area contributed by atoms with E-state index in [9.17, 15) is 0 Å². The molecule has 3 atom stereocenters. The summed E-state index contributed by atoms with van der Waals surface area (Å²) in [5.74, 6) is 7.03. The zero-order chi connectivity index (χ0) is 13.2. The molecular formula is C16H17IN2. The molecule has 1 saturated carbocycles. The molecule has 0 aliphatic heterocycles. The standard InChI is InChI=1S/C16H17IN2/c17-13-8-4-7-12(9-13)16(19-18)15-10-14(15)11-5-2-1-3-6-11/h1-9,14-16,19H,10,18H2. The molecule has 0 aromatic heterocycles. The maximum absolute atomic E-state index is 5.78. The minimum atomic E-state index is 0.250. The van der Waals surface area contributed by atoms with Crippen molar-refractivity contribution in [3.8, 4) is 0 Å². The summed E-state index contributed by atoms with van der Waals surface area (Å²) < 4.78 is 1.26. The van der Waals surface area contributed by atoms with Gasteiger partial charge in [0.2, 0.25) is 0 Å². The highest BCUT2D eigenvalue weighted by molar-refractivity contribution is 14.1. The van der Waals surface area contributed by atoms with E-state index in [4.69, 9.17) is 5.84 Å². The molecule has 0 heterocycles. The predicted molar refractivity (Wildman–Crippen MR) is 86.5 cm³/mol. The van der Waals surface area contributed by atoms with Crippen molar-refractivity contribution in [2.45, 2.75) is 18.4 Å². The molecule has 3 N–H and O–H groups in total. The molecule has 0 radical (unpaired) electrons. The average Bonchev–Trinajstić information content (AvgIpc) is 3.21. The van der Waals surface area contributed by atoms with Crippen molar-refractivity contribution < 1.29 is 0 Å². The average molecular weight is 364 g/mol.